The van der Waals surface area contributed by atoms with Gasteiger partial charge in [0, 0.05) is 22.5 Å². The van der Waals surface area contributed by atoms with Crippen molar-refractivity contribution in [2.24, 2.45) is 0 Å². The number of aromatic amines is 1. The van der Waals surface area contributed by atoms with E-state index < -0.39 is 12.3 Å². The average Bonchev–Trinajstić information content (AvgIpc) is 2.93. The number of rotatable bonds is 4. The molecule has 0 saturated carbocycles. The van der Waals surface area contributed by atoms with E-state index in [1.165, 1.54) is 12.1 Å². The number of aromatic nitrogens is 2. The van der Waals surface area contributed by atoms with Crippen LogP contribution < -0.4 is 10.1 Å². The second-order valence-electron chi connectivity index (χ2n) is 5.62. The Labute approximate surface area is 160 Å². The highest BCUT2D eigenvalue weighted by atomic mass is 79.9. The Morgan fingerprint density at radius 3 is 2.48 bits per heavy atom. The van der Waals surface area contributed by atoms with Crippen LogP contribution in [0.5, 0.6) is 5.75 Å². The van der Waals surface area contributed by atoms with Gasteiger partial charge < -0.3 is 10.1 Å². The lowest BCUT2D eigenvalue weighted by Gasteiger charge is -2.10. The molecule has 0 aliphatic carbocycles. The fourth-order valence-electron chi connectivity index (χ4n) is 2.36. The Morgan fingerprint density at radius 2 is 1.89 bits per heavy atom. The zero-order valence-corrected chi connectivity index (χ0v) is 15.5. The number of alkyl halides is 3. The van der Waals surface area contributed by atoms with Gasteiger partial charge >= 0.3 is 6.36 Å². The first-order chi connectivity index (χ1) is 12.7. The lowest BCUT2D eigenvalue weighted by Crippen LogP contribution is -2.17. The zero-order valence-electron chi connectivity index (χ0n) is 13.9. The van der Waals surface area contributed by atoms with Gasteiger partial charge in [-0.2, -0.15) is 5.10 Å². The van der Waals surface area contributed by atoms with E-state index in [1.54, 1.807) is 18.2 Å². The summed E-state index contributed by atoms with van der Waals surface area (Å²) in [7, 11) is 0. The van der Waals surface area contributed by atoms with Crippen molar-refractivity contribution in [1.29, 1.82) is 0 Å². The number of carbonyl (C=O) groups excluding carboxylic acids is 1. The van der Waals surface area contributed by atoms with Crippen LogP contribution in [0, 0.1) is 6.92 Å². The van der Waals surface area contributed by atoms with Crippen LogP contribution in [0.25, 0.3) is 11.3 Å². The van der Waals surface area contributed by atoms with E-state index in [1.807, 2.05) is 13.0 Å². The Kier molecular flexibility index (Phi) is 5.22. The molecule has 0 saturated heterocycles. The van der Waals surface area contributed by atoms with Crippen molar-refractivity contribution in [3.05, 3.63) is 64.3 Å². The zero-order chi connectivity index (χ0) is 19.6. The van der Waals surface area contributed by atoms with Gasteiger partial charge in [0.15, 0.2) is 0 Å². The highest BCUT2D eigenvalue weighted by Crippen LogP contribution is 2.30. The number of carbonyl (C=O) groups is 1. The minimum absolute atomic E-state index is 0.201. The Bertz CT molecular complexity index is 969. The van der Waals surface area contributed by atoms with Gasteiger partial charge in [-0.3, -0.25) is 9.89 Å². The van der Waals surface area contributed by atoms with E-state index in [-0.39, 0.29) is 11.3 Å². The molecule has 3 rings (SSSR count). The third-order valence-corrected chi connectivity index (χ3v) is 4.59. The first kappa shape index (κ1) is 19.0. The van der Waals surface area contributed by atoms with E-state index in [4.69, 9.17) is 0 Å². The van der Waals surface area contributed by atoms with Crippen LogP contribution in [0.3, 0.4) is 0 Å². The molecule has 0 bridgehead atoms. The van der Waals surface area contributed by atoms with Gasteiger partial charge in [-0.25, -0.2) is 0 Å². The second-order valence-corrected chi connectivity index (χ2v) is 6.41. The molecular weight excluding hydrogens is 427 g/mol. The number of aryl methyl sites for hydroxylation is 1. The summed E-state index contributed by atoms with van der Waals surface area (Å²) in [6, 6.07) is 11.8. The number of halogens is 4. The van der Waals surface area contributed by atoms with Gasteiger partial charge in [-0.15, -0.1) is 13.2 Å². The van der Waals surface area contributed by atoms with Gasteiger partial charge in [0.25, 0.3) is 5.91 Å². The normalized spacial score (nSPS) is 11.3. The first-order valence-electron chi connectivity index (χ1n) is 7.71. The van der Waals surface area contributed by atoms with Crippen LogP contribution in [0.2, 0.25) is 0 Å². The summed E-state index contributed by atoms with van der Waals surface area (Å²) >= 11 is 3.45. The minimum Gasteiger partial charge on any atom is -0.406 e. The molecule has 140 valence electrons. The molecule has 0 aliphatic rings. The number of anilines is 1. The highest BCUT2D eigenvalue weighted by molar-refractivity contribution is 9.10. The molecule has 0 atom stereocenters. The Hall–Kier alpha value is -2.81. The van der Waals surface area contributed by atoms with Crippen molar-refractivity contribution in [1.82, 2.24) is 10.2 Å². The summed E-state index contributed by atoms with van der Waals surface area (Å²) in [5, 5.41) is 9.79. The van der Waals surface area contributed by atoms with E-state index >= 15 is 0 Å². The van der Waals surface area contributed by atoms with Crippen molar-refractivity contribution < 1.29 is 22.7 Å². The van der Waals surface area contributed by atoms with Gasteiger partial charge in [-0.1, -0.05) is 12.1 Å². The second kappa shape index (κ2) is 7.43. The van der Waals surface area contributed by atoms with Crippen molar-refractivity contribution in [3.63, 3.8) is 0 Å². The molecule has 1 aromatic heterocycles. The van der Waals surface area contributed by atoms with Crippen LogP contribution >= 0.6 is 15.9 Å². The van der Waals surface area contributed by atoms with E-state index in [0.29, 0.717) is 11.4 Å². The molecule has 27 heavy (non-hydrogen) atoms. The maximum absolute atomic E-state index is 12.3. The van der Waals surface area contributed by atoms with Crippen molar-refractivity contribution >= 4 is 27.5 Å². The third-order valence-electron chi connectivity index (χ3n) is 3.62. The predicted molar refractivity (Wildman–Crippen MR) is 97.5 cm³/mol. The molecule has 0 unspecified atom stereocenters. The van der Waals surface area contributed by atoms with Crippen LogP contribution in [0.1, 0.15) is 16.1 Å². The summed E-state index contributed by atoms with van der Waals surface area (Å²) in [5.74, 6) is -0.845. The van der Waals surface area contributed by atoms with Crippen LogP contribution in [0.4, 0.5) is 18.9 Å². The summed E-state index contributed by atoms with van der Waals surface area (Å²) < 4.78 is 41.2. The summed E-state index contributed by atoms with van der Waals surface area (Å²) in [6.07, 6.45) is -4.77. The van der Waals surface area contributed by atoms with Gasteiger partial charge in [-0.05, 0) is 59.3 Å². The van der Waals surface area contributed by atoms with Crippen molar-refractivity contribution in [2.45, 2.75) is 13.3 Å². The lowest BCUT2D eigenvalue weighted by atomic mass is 10.1. The number of H-pyrrole nitrogens is 1. The molecular formula is C18H13BrF3N3O2. The number of nitrogens with one attached hydrogen (secondary N) is 2. The van der Waals surface area contributed by atoms with E-state index in [9.17, 15) is 18.0 Å². The smallest absolute Gasteiger partial charge is 0.406 e. The third kappa shape index (κ3) is 4.68. The fraction of sp³-hybridized carbons (Fsp3) is 0.111. The molecule has 2 aromatic carbocycles. The molecule has 0 fully saturated rings. The maximum atomic E-state index is 12.3. The number of nitrogens with zero attached hydrogens (tertiary/aromatic N) is 1. The number of amides is 1. The summed E-state index contributed by atoms with van der Waals surface area (Å²) in [4.78, 5) is 12.3. The molecule has 3 aromatic rings. The number of hydrogen-bond donors (Lipinski definition) is 2. The number of ether oxygens (including phenoxy) is 1. The van der Waals surface area contributed by atoms with E-state index in [2.05, 4.69) is 36.2 Å². The fourth-order valence-corrected chi connectivity index (χ4v) is 2.77. The molecule has 5 nitrogen and oxygen atoms in total. The molecule has 0 aliphatic heterocycles. The standard InChI is InChI=1S/C18H13BrF3N3O2/c1-10-15(19)16(25-24-10)12-3-2-4-13(9-12)23-17(26)11-5-7-14(8-6-11)27-18(20,21)22/h2-9H,1H3,(H,23,26)(H,24,25). The van der Waals surface area contributed by atoms with Crippen molar-refractivity contribution in [2.75, 3.05) is 5.32 Å². The van der Waals surface area contributed by atoms with Gasteiger partial charge in [0.1, 0.15) is 11.4 Å². The van der Waals surface area contributed by atoms with Crippen LogP contribution in [-0.4, -0.2) is 22.5 Å². The SMILES string of the molecule is Cc1[nH]nc(-c2cccc(NC(=O)c3ccc(OC(F)(F)F)cc3)c2)c1Br. The number of hydrogen-bond acceptors (Lipinski definition) is 3. The number of benzene rings is 2. The van der Waals surface area contributed by atoms with Crippen molar-refractivity contribution in [3.8, 4) is 17.0 Å². The van der Waals surface area contributed by atoms with Crippen LogP contribution in [-0.2, 0) is 0 Å². The quantitative estimate of drug-likeness (QED) is 0.579. The Morgan fingerprint density at radius 1 is 1.19 bits per heavy atom. The molecule has 1 amide bonds. The highest BCUT2D eigenvalue weighted by Gasteiger charge is 2.31. The molecule has 2 N–H and O–H groups in total. The molecule has 0 spiro atoms. The average molecular weight is 440 g/mol. The molecule has 9 heteroatoms. The Balaban J connectivity index is 1.74. The lowest BCUT2D eigenvalue weighted by molar-refractivity contribution is -0.274. The summed E-state index contributed by atoms with van der Waals surface area (Å²) in [5.41, 5.74) is 3.10. The van der Waals surface area contributed by atoms with Gasteiger partial charge in [0.05, 0.1) is 4.47 Å². The van der Waals surface area contributed by atoms with Gasteiger partial charge in [0.2, 0.25) is 0 Å². The summed E-state index contributed by atoms with van der Waals surface area (Å²) in [6.45, 7) is 1.87. The molecule has 1 heterocycles. The molecule has 0 radical (unpaired) electrons. The van der Waals surface area contributed by atoms with E-state index in [0.717, 1.165) is 27.9 Å². The largest absolute Gasteiger partial charge is 0.573 e. The predicted octanol–water partition coefficient (Wildman–Crippen LogP) is 5.30. The first-order valence-corrected chi connectivity index (χ1v) is 8.50. The maximum Gasteiger partial charge on any atom is 0.573 e. The topological polar surface area (TPSA) is 67.0 Å². The monoisotopic (exact) mass is 439 g/mol. The minimum atomic E-state index is -4.77. The van der Waals surface area contributed by atoms with Crippen LogP contribution in [0.15, 0.2) is 53.0 Å².